The number of aromatic nitrogens is 3. The maximum atomic E-state index is 6.21. The highest BCUT2D eigenvalue weighted by atomic mass is 35.5. The average molecular weight is 308 g/mol. The molecule has 4 rings (SSSR count). The van der Waals surface area contributed by atoms with E-state index in [9.17, 15) is 0 Å². The van der Waals surface area contributed by atoms with Crippen LogP contribution in [0, 0.1) is 6.92 Å². The molecule has 0 unspecified atom stereocenters. The van der Waals surface area contributed by atoms with Crippen molar-refractivity contribution >= 4 is 33.4 Å². The average Bonchev–Trinajstić information content (AvgIpc) is 2.84. The molecule has 0 saturated carbocycles. The molecule has 0 saturated heterocycles. The predicted octanol–water partition coefficient (Wildman–Crippen LogP) is 4.59. The van der Waals surface area contributed by atoms with Gasteiger partial charge in [-0.15, -0.1) is 0 Å². The highest BCUT2D eigenvalue weighted by Crippen LogP contribution is 2.24. The highest BCUT2D eigenvalue weighted by Gasteiger charge is 2.08. The molecule has 0 bridgehead atoms. The van der Waals surface area contributed by atoms with Gasteiger partial charge in [0.1, 0.15) is 11.0 Å². The second-order valence-corrected chi connectivity index (χ2v) is 5.75. The maximum absolute atomic E-state index is 6.21. The quantitative estimate of drug-likeness (QED) is 0.507. The van der Waals surface area contributed by atoms with Crippen molar-refractivity contribution in [2.45, 2.75) is 13.5 Å². The molecule has 22 heavy (non-hydrogen) atoms. The third-order valence-corrected chi connectivity index (χ3v) is 4.27. The summed E-state index contributed by atoms with van der Waals surface area (Å²) in [6.45, 7) is 2.81. The van der Waals surface area contributed by atoms with Gasteiger partial charge in [-0.2, -0.15) is 0 Å². The van der Waals surface area contributed by atoms with E-state index >= 15 is 0 Å². The largest absolute Gasteiger partial charge is 0.324 e. The van der Waals surface area contributed by atoms with Crippen LogP contribution >= 0.6 is 11.6 Å². The Balaban J connectivity index is 1.82. The van der Waals surface area contributed by atoms with E-state index in [0.717, 1.165) is 34.2 Å². The molecular weight excluding hydrogens is 294 g/mol. The number of imidazole rings is 1. The number of pyridine rings is 1. The minimum Gasteiger partial charge on any atom is -0.324 e. The van der Waals surface area contributed by atoms with Crippen molar-refractivity contribution < 1.29 is 0 Å². The standard InChI is InChI=1S/C18H14ClN3/c1-12-21-16-4-2-3-5-17(16)22(12)11-13-6-7-14-8-9-20-18(19)15(14)10-13/h2-10H,11H2,1H3. The van der Waals surface area contributed by atoms with Gasteiger partial charge >= 0.3 is 0 Å². The molecule has 0 aliphatic heterocycles. The lowest BCUT2D eigenvalue weighted by molar-refractivity contribution is 0.787. The van der Waals surface area contributed by atoms with Crippen molar-refractivity contribution in [1.29, 1.82) is 0 Å². The van der Waals surface area contributed by atoms with E-state index in [1.807, 2.05) is 31.2 Å². The van der Waals surface area contributed by atoms with Crippen LogP contribution in [0.3, 0.4) is 0 Å². The molecule has 2 heterocycles. The van der Waals surface area contributed by atoms with E-state index in [2.05, 4.69) is 38.8 Å². The lowest BCUT2D eigenvalue weighted by Crippen LogP contribution is -2.02. The van der Waals surface area contributed by atoms with Crippen LogP contribution in [0.1, 0.15) is 11.4 Å². The van der Waals surface area contributed by atoms with E-state index in [0.29, 0.717) is 5.15 Å². The molecule has 2 aromatic heterocycles. The predicted molar refractivity (Wildman–Crippen MR) is 90.3 cm³/mol. The summed E-state index contributed by atoms with van der Waals surface area (Å²) in [5.41, 5.74) is 3.37. The first-order valence-electron chi connectivity index (χ1n) is 7.17. The summed E-state index contributed by atoms with van der Waals surface area (Å²) in [7, 11) is 0. The number of benzene rings is 2. The minimum absolute atomic E-state index is 0.548. The zero-order chi connectivity index (χ0) is 15.1. The topological polar surface area (TPSA) is 30.7 Å². The number of hydrogen-bond acceptors (Lipinski definition) is 2. The van der Waals surface area contributed by atoms with Gasteiger partial charge < -0.3 is 4.57 Å². The molecule has 4 aromatic rings. The summed E-state index contributed by atoms with van der Waals surface area (Å²) in [6, 6.07) is 16.5. The van der Waals surface area contributed by atoms with Crippen LogP contribution in [0.25, 0.3) is 21.8 Å². The molecule has 108 valence electrons. The molecule has 0 spiro atoms. The molecule has 0 aliphatic rings. The minimum atomic E-state index is 0.548. The Kier molecular flexibility index (Phi) is 3.09. The number of para-hydroxylation sites is 2. The van der Waals surface area contributed by atoms with Gasteiger partial charge in [0, 0.05) is 18.1 Å². The van der Waals surface area contributed by atoms with Gasteiger partial charge in [0.05, 0.1) is 11.0 Å². The summed E-state index contributed by atoms with van der Waals surface area (Å²) in [5, 5.41) is 2.64. The number of halogens is 1. The Morgan fingerprint density at radius 3 is 2.86 bits per heavy atom. The first-order chi connectivity index (χ1) is 10.7. The van der Waals surface area contributed by atoms with E-state index in [1.165, 1.54) is 5.56 Å². The fourth-order valence-electron chi connectivity index (χ4n) is 2.86. The molecule has 3 nitrogen and oxygen atoms in total. The van der Waals surface area contributed by atoms with Gasteiger partial charge in [-0.1, -0.05) is 35.9 Å². The molecule has 0 fully saturated rings. The molecule has 4 heteroatoms. The Morgan fingerprint density at radius 1 is 1.09 bits per heavy atom. The Hall–Kier alpha value is -2.39. The maximum Gasteiger partial charge on any atom is 0.136 e. The molecule has 0 N–H and O–H groups in total. The first-order valence-corrected chi connectivity index (χ1v) is 7.55. The summed E-state index contributed by atoms with van der Waals surface area (Å²) < 4.78 is 2.22. The van der Waals surface area contributed by atoms with Crippen molar-refractivity contribution in [3.63, 3.8) is 0 Å². The second kappa shape index (κ2) is 5.11. The Bertz CT molecular complexity index is 988. The van der Waals surface area contributed by atoms with Crippen LogP contribution < -0.4 is 0 Å². The van der Waals surface area contributed by atoms with Crippen LogP contribution in [0.15, 0.2) is 54.7 Å². The normalized spacial score (nSPS) is 11.4. The zero-order valence-corrected chi connectivity index (χ0v) is 12.9. The van der Waals surface area contributed by atoms with Crippen molar-refractivity contribution in [3.05, 3.63) is 71.3 Å². The number of rotatable bonds is 2. The third kappa shape index (κ3) is 2.14. The first kappa shape index (κ1) is 13.3. The number of nitrogens with zero attached hydrogens (tertiary/aromatic N) is 3. The summed E-state index contributed by atoms with van der Waals surface area (Å²) in [6.07, 6.45) is 1.73. The van der Waals surface area contributed by atoms with E-state index in [-0.39, 0.29) is 0 Å². The van der Waals surface area contributed by atoms with Gasteiger partial charge in [-0.25, -0.2) is 9.97 Å². The van der Waals surface area contributed by atoms with Crippen LogP contribution in [-0.2, 0) is 6.54 Å². The van der Waals surface area contributed by atoms with Crippen LogP contribution in [0.4, 0.5) is 0 Å². The van der Waals surface area contributed by atoms with Gasteiger partial charge in [0.25, 0.3) is 0 Å². The van der Waals surface area contributed by atoms with Gasteiger partial charge in [-0.3, -0.25) is 0 Å². The molecular formula is C18H14ClN3. The SMILES string of the molecule is Cc1nc2ccccc2n1Cc1ccc2ccnc(Cl)c2c1. The van der Waals surface area contributed by atoms with Crippen molar-refractivity contribution in [2.75, 3.05) is 0 Å². The Morgan fingerprint density at radius 2 is 1.95 bits per heavy atom. The number of aryl methyl sites for hydroxylation is 1. The number of fused-ring (bicyclic) bond motifs is 2. The fourth-order valence-corrected chi connectivity index (χ4v) is 3.08. The number of hydrogen-bond donors (Lipinski definition) is 0. The van der Waals surface area contributed by atoms with E-state index in [1.54, 1.807) is 6.20 Å². The van der Waals surface area contributed by atoms with Crippen molar-refractivity contribution in [2.24, 2.45) is 0 Å². The Labute approximate surface area is 133 Å². The summed E-state index contributed by atoms with van der Waals surface area (Å²) in [5.74, 6) is 1.01. The van der Waals surface area contributed by atoms with E-state index < -0.39 is 0 Å². The van der Waals surface area contributed by atoms with Crippen molar-refractivity contribution in [3.8, 4) is 0 Å². The fraction of sp³-hybridized carbons (Fsp3) is 0.111. The molecule has 0 atom stereocenters. The summed E-state index contributed by atoms with van der Waals surface area (Å²) >= 11 is 6.21. The molecule has 2 aromatic carbocycles. The van der Waals surface area contributed by atoms with E-state index in [4.69, 9.17) is 11.6 Å². The molecule has 0 radical (unpaired) electrons. The van der Waals surface area contributed by atoms with Crippen LogP contribution in [0.5, 0.6) is 0 Å². The van der Waals surface area contributed by atoms with Crippen LogP contribution in [-0.4, -0.2) is 14.5 Å². The lowest BCUT2D eigenvalue weighted by Gasteiger charge is -2.09. The molecule has 0 amide bonds. The lowest BCUT2D eigenvalue weighted by atomic mass is 10.1. The van der Waals surface area contributed by atoms with Gasteiger partial charge in [0.15, 0.2) is 0 Å². The van der Waals surface area contributed by atoms with Gasteiger partial charge in [0.2, 0.25) is 0 Å². The second-order valence-electron chi connectivity index (χ2n) is 5.39. The third-order valence-electron chi connectivity index (χ3n) is 3.97. The molecule has 0 aliphatic carbocycles. The highest BCUT2D eigenvalue weighted by molar-refractivity contribution is 6.34. The monoisotopic (exact) mass is 307 g/mol. The smallest absolute Gasteiger partial charge is 0.136 e. The van der Waals surface area contributed by atoms with Crippen molar-refractivity contribution in [1.82, 2.24) is 14.5 Å². The summed E-state index contributed by atoms with van der Waals surface area (Å²) in [4.78, 5) is 8.77. The zero-order valence-electron chi connectivity index (χ0n) is 12.1. The van der Waals surface area contributed by atoms with Gasteiger partial charge in [-0.05, 0) is 42.1 Å². The van der Waals surface area contributed by atoms with Crippen LogP contribution in [0.2, 0.25) is 5.15 Å².